The molecule has 25 heavy (non-hydrogen) atoms. The summed E-state index contributed by atoms with van der Waals surface area (Å²) in [5.41, 5.74) is 3.88. The number of rotatable bonds is 5. The summed E-state index contributed by atoms with van der Waals surface area (Å²) in [5, 5.41) is 4.75. The fourth-order valence-corrected chi connectivity index (χ4v) is 3.13. The lowest BCUT2D eigenvalue weighted by Crippen LogP contribution is -2.23. The summed E-state index contributed by atoms with van der Waals surface area (Å²) in [6.45, 7) is 0.409. The number of amides is 1. The largest absolute Gasteiger partial charge is 0.361 e. The third kappa shape index (κ3) is 3.37. The molecule has 4 rings (SSSR count). The number of carbonyl (C=O) groups is 1. The number of hydrogen-bond donors (Lipinski definition) is 2. The molecule has 5 nitrogen and oxygen atoms in total. The maximum Gasteiger partial charge on any atom is 0.220 e. The van der Waals surface area contributed by atoms with Gasteiger partial charge in [-0.25, -0.2) is 4.98 Å². The monoisotopic (exact) mass is 352 g/mol. The van der Waals surface area contributed by atoms with E-state index in [1.807, 2.05) is 41.1 Å². The lowest BCUT2D eigenvalue weighted by atomic mass is 10.1. The highest BCUT2D eigenvalue weighted by molar-refractivity contribution is 6.30. The number of pyridine rings is 1. The second-order valence-corrected chi connectivity index (χ2v) is 6.42. The smallest absolute Gasteiger partial charge is 0.220 e. The van der Waals surface area contributed by atoms with E-state index in [4.69, 9.17) is 11.6 Å². The number of imidazole rings is 1. The number of hydrogen-bond acceptors (Lipinski definition) is 2. The van der Waals surface area contributed by atoms with Crippen LogP contribution in [0.2, 0.25) is 5.02 Å². The molecule has 1 aromatic carbocycles. The Morgan fingerprint density at radius 1 is 1.20 bits per heavy atom. The average molecular weight is 353 g/mol. The Labute approximate surface area is 149 Å². The molecular formula is C19H17ClN4O. The minimum atomic E-state index is 0.0142. The molecule has 0 bridgehead atoms. The van der Waals surface area contributed by atoms with Crippen molar-refractivity contribution >= 4 is 34.1 Å². The number of para-hydroxylation sites is 1. The summed E-state index contributed by atoms with van der Waals surface area (Å²) in [4.78, 5) is 19.8. The van der Waals surface area contributed by atoms with E-state index in [1.54, 1.807) is 12.3 Å². The quantitative estimate of drug-likeness (QED) is 0.575. The molecule has 0 aliphatic carbocycles. The van der Waals surface area contributed by atoms with Crippen molar-refractivity contribution in [2.45, 2.75) is 19.4 Å². The number of carbonyl (C=O) groups excluding carboxylic acids is 1. The molecule has 3 aromatic heterocycles. The Balaban J connectivity index is 1.35. The van der Waals surface area contributed by atoms with E-state index in [9.17, 15) is 4.79 Å². The van der Waals surface area contributed by atoms with Crippen molar-refractivity contribution in [2.75, 3.05) is 0 Å². The number of nitrogens with one attached hydrogen (secondary N) is 2. The molecule has 0 saturated heterocycles. The van der Waals surface area contributed by atoms with Gasteiger partial charge in [0.25, 0.3) is 0 Å². The maximum absolute atomic E-state index is 12.1. The molecule has 0 aliphatic rings. The van der Waals surface area contributed by atoms with Crippen molar-refractivity contribution in [3.05, 3.63) is 71.3 Å². The number of benzene rings is 1. The number of nitrogens with zero attached hydrogens (tertiary/aromatic N) is 2. The predicted octanol–water partition coefficient (Wildman–Crippen LogP) is 3.72. The van der Waals surface area contributed by atoms with Crippen LogP contribution in [0, 0.1) is 0 Å². The predicted molar refractivity (Wildman–Crippen MR) is 98.7 cm³/mol. The zero-order valence-corrected chi connectivity index (χ0v) is 14.3. The van der Waals surface area contributed by atoms with Gasteiger partial charge in [0.1, 0.15) is 5.65 Å². The zero-order valence-electron chi connectivity index (χ0n) is 13.5. The molecule has 0 aliphatic heterocycles. The van der Waals surface area contributed by atoms with Crippen molar-refractivity contribution in [1.82, 2.24) is 19.7 Å². The SMILES string of the molecule is O=C(CCc1c[nH]c2ccccc12)NCc1cn2cc(Cl)ccc2n1. The van der Waals surface area contributed by atoms with Gasteiger partial charge in [-0.3, -0.25) is 4.79 Å². The standard InChI is InChI=1S/C19H17ClN4O/c20-14-6-7-18-23-15(12-24(18)11-14)10-22-19(25)8-5-13-9-21-17-4-2-1-3-16(13)17/h1-4,6-7,9,11-12,21H,5,8,10H2,(H,22,25). The van der Waals surface area contributed by atoms with Crippen LogP contribution in [0.3, 0.4) is 0 Å². The first kappa shape index (κ1) is 15.7. The van der Waals surface area contributed by atoms with Crippen molar-refractivity contribution in [1.29, 1.82) is 0 Å². The highest BCUT2D eigenvalue weighted by atomic mass is 35.5. The van der Waals surface area contributed by atoms with E-state index in [-0.39, 0.29) is 5.91 Å². The van der Waals surface area contributed by atoms with Crippen LogP contribution in [0.4, 0.5) is 0 Å². The lowest BCUT2D eigenvalue weighted by Gasteiger charge is -2.03. The number of aromatic nitrogens is 3. The van der Waals surface area contributed by atoms with E-state index in [0.717, 1.165) is 22.4 Å². The van der Waals surface area contributed by atoms with Crippen LogP contribution >= 0.6 is 11.6 Å². The molecule has 0 spiro atoms. The minimum absolute atomic E-state index is 0.0142. The molecular weight excluding hydrogens is 336 g/mol. The van der Waals surface area contributed by atoms with Gasteiger partial charge in [-0.15, -0.1) is 0 Å². The van der Waals surface area contributed by atoms with Gasteiger partial charge in [0, 0.05) is 35.9 Å². The van der Waals surface area contributed by atoms with Gasteiger partial charge >= 0.3 is 0 Å². The Morgan fingerprint density at radius 2 is 2.08 bits per heavy atom. The topological polar surface area (TPSA) is 62.2 Å². The van der Waals surface area contributed by atoms with E-state index in [0.29, 0.717) is 24.4 Å². The van der Waals surface area contributed by atoms with Gasteiger partial charge in [0.15, 0.2) is 0 Å². The number of H-pyrrole nitrogens is 1. The molecule has 0 atom stereocenters. The Morgan fingerprint density at radius 3 is 3.00 bits per heavy atom. The van der Waals surface area contributed by atoms with E-state index < -0.39 is 0 Å². The van der Waals surface area contributed by atoms with Gasteiger partial charge in [-0.1, -0.05) is 29.8 Å². The molecule has 0 fully saturated rings. The normalized spacial score (nSPS) is 11.2. The number of aromatic amines is 1. The van der Waals surface area contributed by atoms with Crippen LogP contribution in [0.5, 0.6) is 0 Å². The van der Waals surface area contributed by atoms with E-state index >= 15 is 0 Å². The highest BCUT2D eigenvalue weighted by Crippen LogP contribution is 2.19. The van der Waals surface area contributed by atoms with E-state index in [1.165, 1.54) is 5.39 Å². The van der Waals surface area contributed by atoms with Crippen molar-refractivity contribution in [2.24, 2.45) is 0 Å². The summed E-state index contributed by atoms with van der Waals surface area (Å²) < 4.78 is 1.86. The summed E-state index contributed by atoms with van der Waals surface area (Å²) in [5.74, 6) is 0.0142. The Hall–Kier alpha value is -2.79. The first-order valence-corrected chi connectivity index (χ1v) is 8.52. The molecule has 6 heteroatoms. The average Bonchev–Trinajstić information content (AvgIpc) is 3.21. The number of aryl methyl sites for hydroxylation is 1. The number of halogens is 1. The number of fused-ring (bicyclic) bond motifs is 2. The molecule has 1 amide bonds. The summed E-state index contributed by atoms with van der Waals surface area (Å²) in [6, 6.07) is 11.8. The summed E-state index contributed by atoms with van der Waals surface area (Å²) in [6.07, 6.45) is 6.80. The first-order chi connectivity index (χ1) is 12.2. The summed E-state index contributed by atoms with van der Waals surface area (Å²) >= 11 is 5.97. The Bertz CT molecular complexity index is 1050. The minimum Gasteiger partial charge on any atom is -0.361 e. The fraction of sp³-hybridized carbons (Fsp3) is 0.158. The van der Waals surface area contributed by atoms with Crippen LogP contribution in [0.25, 0.3) is 16.6 Å². The van der Waals surface area contributed by atoms with Crippen LogP contribution in [0.1, 0.15) is 17.7 Å². The maximum atomic E-state index is 12.1. The molecule has 0 radical (unpaired) electrons. The van der Waals surface area contributed by atoms with Gasteiger partial charge in [-0.05, 0) is 30.2 Å². The first-order valence-electron chi connectivity index (χ1n) is 8.14. The van der Waals surface area contributed by atoms with Gasteiger partial charge in [0.2, 0.25) is 5.91 Å². The molecule has 3 heterocycles. The van der Waals surface area contributed by atoms with Gasteiger partial charge in [-0.2, -0.15) is 0 Å². The van der Waals surface area contributed by atoms with Gasteiger partial charge < -0.3 is 14.7 Å². The Kier molecular flexibility index (Phi) is 4.15. The fourth-order valence-electron chi connectivity index (χ4n) is 2.97. The molecule has 126 valence electrons. The third-order valence-corrected chi connectivity index (χ3v) is 4.45. The molecule has 0 unspecified atom stereocenters. The van der Waals surface area contributed by atoms with Gasteiger partial charge in [0.05, 0.1) is 17.3 Å². The van der Waals surface area contributed by atoms with E-state index in [2.05, 4.69) is 21.4 Å². The van der Waals surface area contributed by atoms with Crippen LogP contribution < -0.4 is 5.32 Å². The lowest BCUT2D eigenvalue weighted by molar-refractivity contribution is -0.121. The van der Waals surface area contributed by atoms with Crippen molar-refractivity contribution in [3.63, 3.8) is 0 Å². The molecule has 0 saturated carbocycles. The zero-order chi connectivity index (χ0) is 17.2. The van der Waals surface area contributed by atoms with Crippen LogP contribution in [-0.2, 0) is 17.8 Å². The van der Waals surface area contributed by atoms with Crippen LogP contribution in [-0.4, -0.2) is 20.3 Å². The van der Waals surface area contributed by atoms with Crippen molar-refractivity contribution < 1.29 is 4.79 Å². The third-order valence-electron chi connectivity index (χ3n) is 4.23. The second kappa shape index (κ2) is 6.61. The second-order valence-electron chi connectivity index (χ2n) is 5.98. The molecule has 2 N–H and O–H groups in total. The summed E-state index contributed by atoms with van der Waals surface area (Å²) in [7, 11) is 0. The highest BCUT2D eigenvalue weighted by Gasteiger charge is 2.08. The van der Waals surface area contributed by atoms with Crippen molar-refractivity contribution in [3.8, 4) is 0 Å². The van der Waals surface area contributed by atoms with Crippen LogP contribution in [0.15, 0.2) is 55.0 Å². The molecule has 4 aromatic rings.